The van der Waals surface area contributed by atoms with E-state index in [9.17, 15) is 0 Å². The molecule has 0 N–H and O–H groups in total. The van der Waals surface area contributed by atoms with E-state index in [1.807, 2.05) is 31.5 Å². The van der Waals surface area contributed by atoms with Crippen molar-refractivity contribution in [3.63, 3.8) is 0 Å². The van der Waals surface area contributed by atoms with Gasteiger partial charge in [-0.25, -0.2) is 0 Å². The molecule has 2 heterocycles. The van der Waals surface area contributed by atoms with E-state index in [1.54, 1.807) is 11.3 Å². The highest BCUT2D eigenvalue weighted by molar-refractivity contribution is 7.11. The lowest BCUT2D eigenvalue weighted by Crippen LogP contribution is -1.94. The Balaban J connectivity index is 2.14. The van der Waals surface area contributed by atoms with E-state index in [0.29, 0.717) is 0 Å². The van der Waals surface area contributed by atoms with Crippen LogP contribution in [0.1, 0.15) is 10.0 Å². The van der Waals surface area contributed by atoms with Crippen LogP contribution in [-0.2, 0) is 6.54 Å². The van der Waals surface area contributed by atoms with Gasteiger partial charge in [0.15, 0.2) is 0 Å². The molecule has 0 aliphatic carbocycles. The summed E-state index contributed by atoms with van der Waals surface area (Å²) in [5.41, 5.74) is 0. The second kappa shape index (κ2) is 3.06. The molecule has 2 rings (SSSR count). The highest BCUT2D eigenvalue weighted by Gasteiger charge is 1.99. The van der Waals surface area contributed by atoms with Crippen molar-refractivity contribution >= 4 is 11.3 Å². The van der Waals surface area contributed by atoms with Crippen molar-refractivity contribution in [1.82, 2.24) is 14.8 Å². The largest absolute Gasteiger partial charge is 0.347 e. The smallest absolute Gasteiger partial charge is 0.137 e. The first-order valence-corrected chi connectivity index (χ1v) is 4.56. The number of rotatable bonds is 2. The summed E-state index contributed by atoms with van der Waals surface area (Å²) in [5.74, 6) is 0. The van der Waals surface area contributed by atoms with Gasteiger partial charge in [-0.3, -0.25) is 0 Å². The van der Waals surface area contributed by atoms with Crippen molar-refractivity contribution < 1.29 is 0 Å². The zero-order valence-corrected chi connectivity index (χ0v) is 7.58. The van der Waals surface area contributed by atoms with Crippen molar-refractivity contribution in [3.05, 3.63) is 34.5 Å². The van der Waals surface area contributed by atoms with Crippen molar-refractivity contribution in [2.75, 3.05) is 0 Å². The molecule has 0 spiro atoms. The standard InChI is InChI=1S/C8H9N3S/c1-7-9-10-8(12-7)6-11-4-2-3-5-11/h2-5H,6H2,1H3. The van der Waals surface area contributed by atoms with E-state index in [1.165, 1.54) is 0 Å². The molecule has 12 heavy (non-hydrogen) atoms. The van der Waals surface area contributed by atoms with Gasteiger partial charge in [-0.2, -0.15) is 0 Å². The summed E-state index contributed by atoms with van der Waals surface area (Å²) in [7, 11) is 0. The molecule has 0 bridgehead atoms. The molecule has 2 aromatic rings. The molecular formula is C8H9N3S. The van der Waals surface area contributed by atoms with Gasteiger partial charge in [-0.15, -0.1) is 10.2 Å². The molecule has 3 nitrogen and oxygen atoms in total. The highest BCUT2D eigenvalue weighted by atomic mass is 32.1. The lowest BCUT2D eigenvalue weighted by Gasteiger charge is -1.95. The highest BCUT2D eigenvalue weighted by Crippen LogP contribution is 2.09. The molecule has 0 atom stereocenters. The van der Waals surface area contributed by atoms with Gasteiger partial charge >= 0.3 is 0 Å². The predicted octanol–water partition coefficient (Wildman–Crippen LogP) is 1.70. The van der Waals surface area contributed by atoms with Crippen LogP contribution in [0.5, 0.6) is 0 Å². The summed E-state index contributed by atoms with van der Waals surface area (Å²) in [4.78, 5) is 0. The average Bonchev–Trinajstić information content (AvgIpc) is 2.63. The van der Waals surface area contributed by atoms with Gasteiger partial charge in [0.05, 0.1) is 6.54 Å². The Hall–Kier alpha value is -1.16. The normalized spacial score (nSPS) is 10.4. The first kappa shape index (κ1) is 7.49. The van der Waals surface area contributed by atoms with Gasteiger partial charge in [-0.1, -0.05) is 11.3 Å². The van der Waals surface area contributed by atoms with E-state index >= 15 is 0 Å². The lowest BCUT2D eigenvalue weighted by atomic mass is 10.6. The molecule has 0 fully saturated rings. The molecule has 0 radical (unpaired) electrons. The fourth-order valence-corrected chi connectivity index (χ4v) is 1.75. The average molecular weight is 179 g/mol. The Labute approximate surface area is 74.7 Å². The van der Waals surface area contributed by atoms with Crippen LogP contribution in [0.4, 0.5) is 0 Å². The maximum atomic E-state index is 4.04. The van der Waals surface area contributed by atoms with Crippen LogP contribution in [0.2, 0.25) is 0 Å². The Morgan fingerprint density at radius 3 is 2.67 bits per heavy atom. The molecule has 0 aliphatic heterocycles. The van der Waals surface area contributed by atoms with E-state index in [4.69, 9.17) is 0 Å². The topological polar surface area (TPSA) is 30.7 Å². The number of nitrogens with zero attached hydrogens (tertiary/aromatic N) is 3. The van der Waals surface area contributed by atoms with Crippen LogP contribution < -0.4 is 0 Å². The van der Waals surface area contributed by atoms with Crippen LogP contribution in [-0.4, -0.2) is 14.8 Å². The molecule has 0 aliphatic rings. The van der Waals surface area contributed by atoms with Gasteiger partial charge in [0, 0.05) is 12.4 Å². The summed E-state index contributed by atoms with van der Waals surface area (Å²) >= 11 is 1.64. The van der Waals surface area contributed by atoms with E-state index < -0.39 is 0 Å². The van der Waals surface area contributed by atoms with Gasteiger partial charge in [0.2, 0.25) is 0 Å². The summed E-state index contributed by atoms with van der Waals surface area (Å²) in [6.45, 7) is 2.80. The molecule has 0 saturated carbocycles. The summed E-state index contributed by atoms with van der Waals surface area (Å²) < 4.78 is 2.08. The molecule has 62 valence electrons. The van der Waals surface area contributed by atoms with E-state index in [-0.39, 0.29) is 0 Å². The van der Waals surface area contributed by atoms with Crippen LogP contribution in [0.15, 0.2) is 24.5 Å². The fourth-order valence-electron chi connectivity index (χ4n) is 1.03. The minimum atomic E-state index is 0.832. The third-order valence-electron chi connectivity index (χ3n) is 1.55. The first-order chi connectivity index (χ1) is 5.84. The summed E-state index contributed by atoms with van der Waals surface area (Å²) in [5, 5.41) is 10.1. The van der Waals surface area contributed by atoms with Crippen molar-refractivity contribution in [1.29, 1.82) is 0 Å². The Kier molecular flexibility index (Phi) is 1.91. The van der Waals surface area contributed by atoms with Crippen LogP contribution in [0.25, 0.3) is 0 Å². The SMILES string of the molecule is Cc1nnc(Cn2cccc2)s1. The summed E-state index contributed by atoms with van der Waals surface area (Å²) in [6, 6.07) is 4.02. The fraction of sp³-hybridized carbons (Fsp3) is 0.250. The van der Waals surface area contributed by atoms with Crippen molar-refractivity contribution in [2.45, 2.75) is 13.5 Å². The molecule has 0 saturated heterocycles. The monoisotopic (exact) mass is 179 g/mol. The third kappa shape index (κ3) is 1.53. The number of aromatic nitrogens is 3. The van der Waals surface area contributed by atoms with Gasteiger partial charge in [0.1, 0.15) is 10.0 Å². The number of hydrogen-bond acceptors (Lipinski definition) is 3. The molecule has 0 aromatic carbocycles. The molecular weight excluding hydrogens is 170 g/mol. The van der Waals surface area contributed by atoms with Gasteiger partial charge in [-0.05, 0) is 19.1 Å². The minimum absolute atomic E-state index is 0.832. The van der Waals surface area contributed by atoms with Gasteiger partial charge in [0.25, 0.3) is 0 Å². The Bertz CT molecular complexity index is 350. The third-order valence-corrected chi connectivity index (χ3v) is 2.38. The Morgan fingerprint density at radius 1 is 1.33 bits per heavy atom. The van der Waals surface area contributed by atoms with Crippen LogP contribution in [0.3, 0.4) is 0 Å². The second-order valence-electron chi connectivity index (χ2n) is 2.57. The van der Waals surface area contributed by atoms with Crippen molar-refractivity contribution in [2.24, 2.45) is 0 Å². The molecule has 0 amide bonds. The molecule has 4 heteroatoms. The second-order valence-corrected chi connectivity index (χ2v) is 3.84. The Morgan fingerprint density at radius 2 is 2.08 bits per heavy atom. The number of hydrogen-bond donors (Lipinski definition) is 0. The van der Waals surface area contributed by atoms with E-state index in [0.717, 1.165) is 16.6 Å². The van der Waals surface area contributed by atoms with Crippen LogP contribution >= 0.6 is 11.3 Å². The van der Waals surface area contributed by atoms with Crippen LogP contribution in [0, 0.1) is 6.92 Å². The molecule has 2 aromatic heterocycles. The van der Waals surface area contributed by atoms with E-state index in [2.05, 4.69) is 14.8 Å². The predicted molar refractivity (Wildman–Crippen MR) is 48.2 cm³/mol. The first-order valence-electron chi connectivity index (χ1n) is 3.74. The molecule has 0 unspecified atom stereocenters. The maximum absolute atomic E-state index is 4.04. The maximum Gasteiger partial charge on any atom is 0.137 e. The zero-order chi connectivity index (χ0) is 8.39. The lowest BCUT2D eigenvalue weighted by molar-refractivity contribution is 0.783. The summed E-state index contributed by atoms with van der Waals surface area (Å²) in [6.07, 6.45) is 4.05. The quantitative estimate of drug-likeness (QED) is 0.702. The minimum Gasteiger partial charge on any atom is -0.347 e. The number of aryl methyl sites for hydroxylation is 1. The van der Waals surface area contributed by atoms with Crippen molar-refractivity contribution in [3.8, 4) is 0 Å². The zero-order valence-electron chi connectivity index (χ0n) is 6.77. The van der Waals surface area contributed by atoms with Gasteiger partial charge < -0.3 is 4.57 Å².